The highest BCUT2D eigenvalue weighted by atomic mass is 16.5. The lowest BCUT2D eigenvalue weighted by Crippen LogP contribution is -2.25. The Morgan fingerprint density at radius 3 is 2.64 bits per heavy atom. The van der Waals surface area contributed by atoms with Crippen LogP contribution in [0.4, 0.5) is 10.5 Å². The Labute approximate surface area is 130 Å². The van der Waals surface area contributed by atoms with Gasteiger partial charge in [-0.15, -0.1) is 0 Å². The molecule has 1 aliphatic carbocycles. The first-order chi connectivity index (χ1) is 10.7. The third-order valence-electron chi connectivity index (χ3n) is 3.57. The van der Waals surface area contributed by atoms with Crippen molar-refractivity contribution in [3.63, 3.8) is 0 Å². The molecule has 0 radical (unpaired) electrons. The number of esters is 1. The molecule has 1 aromatic rings. The number of para-hydroxylation sites is 1. The second-order valence-corrected chi connectivity index (χ2v) is 5.23. The summed E-state index contributed by atoms with van der Waals surface area (Å²) < 4.78 is 4.98. The number of allylic oxidation sites excluding steroid dienone is 1. The van der Waals surface area contributed by atoms with Gasteiger partial charge < -0.3 is 15.4 Å². The SMILES string of the molecule is CCOC(=O)c1ccccc1NC(=O)NC=C1CCCCC1. The summed E-state index contributed by atoms with van der Waals surface area (Å²) in [6.45, 7) is 2.04. The average molecular weight is 302 g/mol. The lowest BCUT2D eigenvalue weighted by atomic mass is 9.96. The summed E-state index contributed by atoms with van der Waals surface area (Å²) in [5, 5.41) is 5.43. The Kier molecular flexibility index (Phi) is 6.01. The predicted octanol–water partition coefficient (Wildman–Crippen LogP) is 3.83. The normalized spacial score (nSPS) is 14.1. The van der Waals surface area contributed by atoms with Crippen LogP contribution in [0.2, 0.25) is 0 Å². The molecule has 2 amide bonds. The standard InChI is InChI=1S/C17H22N2O3/c1-2-22-16(20)14-10-6-7-11-15(14)19-17(21)18-12-13-8-4-3-5-9-13/h6-7,10-12H,2-5,8-9H2,1H3,(H2,18,19,21). The van der Waals surface area contributed by atoms with E-state index in [1.807, 2.05) is 0 Å². The van der Waals surface area contributed by atoms with Crippen molar-refractivity contribution >= 4 is 17.7 Å². The van der Waals surface area contributed by atoms with E-state index < -0.39 is 5.97 Å². The van der Waals surface area contributed by atoms with Crippen LogP contribution in [0.15, 0.2) is 36.0 Å². The average Bonchev–Trinajstić information content (AvgIpc) is 2.54. The molecule has 0 aromatic heterocycles. The van der Waals surface area contributed by atoms with E-state index in [0.29, 0.717) is 17.9 Å². The molecule has 0 spiro atoms. The molecule has 0 unspecified atom stereocenters. The van der Waals surface area contributed by atoms with Gasteiger partial charge in [0.1, 0.15) is 0 Å². The van der Waals surface area contributed by atoms with E-state index >= 15 is 0 Å². The van der Waals surface area contributed by atoms with Crippen molar-refractivity contribution in [1.29, 1.82) is 0 Å². The zero-order valence-corrected chi connectivity index (χ0v) is 12.9. The second-order valence-electron chi connectivity index (χ2n) is 5.23. The Morgan fingerprint density at radius 1 is 1.18 bits per heavy atom. The number of carbonyl (C=O) groups is 2. The zero-order valence-electron chi connectivity index (χ0n) is 12.9. The number of hydrogen-bond acceptors (Lipinski definition) is 3. The number of urea groups is 1. The van der Waals surface area contributed by atoms with Gasteiger partial charge in [-0.2, -0.15) is 0 Å². The highest BCUT2D eigenvalue weighted by Gasteiger charge is 2.13. The number of nitrogens with one attached hydrogen (secondary N) is 2. The molecule has 118 valence electrons. The fourth-order valence-electron chi connectivity index (χ4n) is 2.46. The van der Waals surface area contributed by atoms with Gasteiger partial charge in [-0.25, -0.2) is 9.59 Å². The molecule has 1 fully saturated rings. The molecule has 0 aliphatic heterocycles. The van der Waals surface area contributed by atoms with Gasteiger partial charge in [-0.3, -0.25) is 0 Å². The van der Waals surface area contributed by atoms with E-state index in [0.717, 1.165) is 12.8 Å². The molecule has 0 saturated heterocycles. The Balaban J connectivity index is 1.97. The number of rotatable bonds is 4. The van der Waals surface area contributed by atoms with Gasteiger partial charge in [0, 0.05) is 6.20 Å². The van der Waals surface area contributed by atoms with Gasteiger partial charge in [0.2, 0.25) is 0 Å². The van der Waals surface area contributed by atoms with Crippen molar-refractivity contribution in [3.05, 3.63) is 41.6 Å². The summed E-state index contributed by atoms with van der Waals surface area (Å²) in [7, 11) is 0. The van der Waals surface area contributed by atoms with Crippen molar-refractivity contribution < 1.29 is 14.3 Å². The van der Waals surface area contributed by atoms with E-state index in [2.05, 4.69) is 10.6 Å². The maximum atomic E-state index is 12.0. The van der Waals surface area contributed by atoms with Gasteiger partial charge in [0.25, 0.3) is 0 Å². The number of benzene rings is 1. The molecule has 1 saturated carbocycles. The van der Waals surface area contributed by atoms with Crippen molar-refractivity contribution in [3.8, 4) is 0 Å². The number of ether oxygens (including phenoxy) is 1. The molecule has 5 heteroatoms. The van der Waals surface area contributed by atoms with Crippen molar-refractivity contribution in [2.45, 2.75) is 39.0 Å². The Morgan fingerprint density at radius 2 is 1.91 bits per heavy atom. The molecule has 0 bridgehead atoms. The van der Waals surface area contributed by atoms with Crippen molar-refractivity contribution in [2.75, 3.05) is 11.9 Å². The van der Waals surface area contributed by atoms with Crippen molar-refractivity contribution in [1.82, 2.24) is 5.32 Å². The van der Waals surface area contributed by atoms with Crippen LogP contribution in [0.25, 0.3) is 0 Å². The summed E-state index contributed by atoms with van der Waals surface area (Å²) in [6.07, 6.45) is 7.49. The fraction of sp³-hybridized carbons (Fsp3) is 0.412. The highest BCUT2D eigenvalue weighted by molar-refractivity contribution is 6.00. The summed E-state index contributed by atoms with van der Waals surface area (Å²) in [6, 6.07) is 6.46. The largest absolute Gasteiger partial charge is 0.462 e. The molecule has 1 aliphatic rings. The molecule has 1 aromatic carbocycles. The fourth-order valence-corrected chi connectivity index (χ4v) is 2.46. The van der Waals surface area contributed by atoms with Gasteiger partial charge in [0.15, 0.2) is 0 Å². The van der Waals surface area contributed by atoms with Crippen LogP contribution in [0.1, 0.15) is 49.4 Å². The smallest absolute Gasteiger partial charge is 0.340 e. The molecule has 5 nitrogen and oxygen atoms in total. The third kappa shape index (κ3) is 4.62. The van der Waals surface area contributed by atoms with Crippen LogP contribution >= 0.6 is 0 Å². The van der Waals surface area contributed by atoms with Crippen LogP contribution < -0.4 is 10.6 Å². The van der Waals surface area contributed by atoms with Gasteiger partial charge in [-0.1, -0.05) is 24.1 Å². The molecule has 2 rings (SSSR count). The van der Waals surface area contributed by atoms with Crippen molar-refractivity contribution in [2.24, 2.45) is 0 Å². The predicted molar refractivity (Wildman–Crippen MR) is 85.7 cm³/mol. The minimum Gasteiger partial charge on any atom is -0.462 e. The van der Waals surface area contributed by atoms with E-state index in [-0.39, 0.29) is 6.03 Å². The Bertz CT molecular complexity index is 559. The summed E-state index contributed by atoms with van der Waals surface area (Å²) in [4.78, 5) is 23.8. The Hall–Kier alpha value is -2.30. The monoisotopic (exact) mass is 302 g/mol. The quantitative estimate of drug-likeness (QED) is 0.831. The van der Waals surface area contributed by atoms with E-state index in [1.165, 1.54) is 24.8 Å². The summed E-state index contributed by atoms with van der Waals surface area (Å²) >= 11 is 0. The van der Waals surface area contributed by atoms with Crippen LogP contribution in [-0.4, -0.2) is 18.6 Å². The van der Waals surface area contributed by atoms with Crippen LogP contribution in [-0.2, 0) is 4.74 Å². The van der Waals surface area contributed by atoms with E-state index in [4.69, 9.17) is 4.74 Å². The van der Waals surface area contributed by atoms with E-state index in [9.17, 15) is 9.59 Å². The van der Waals surface area contributed by atoms with Crippen LogP contribution in [0.3, 0.4) is 0 Å². The number of amides is 2. The summed E-state index contributed by atoms with van der Waals surface area (Å²) in [5.74, 6) is -0.441. The molecule has 0 atom stereocenters. The molecule has 0 heterocycles. The molecular formula is C17H22N2O3. The topological polar surface area (TPSA) is 67.4 Å². The van der Waals surface area contributed by atoms with E-state index in [1.54, 1.807) is 37.4 Å². The number of anilines is 1. The third-order valence-corrected chi connectivity index (χ3v) is 3.57. The first kappa shape index (κ1) is 16.1. The first-order valence-corrected chi connectivity index (χ1v) is 7.72. The maximum Gasteiger partial charge on any atom is 0.340 e. The second kappa shape index (κ2) is 8.22. The summed E-state index contributed by atoms with van der Waals surface area (Å²) in [5.41, 5.74) is 2.06. The molecule has 22 heavy (non-hydrogen) atoms. The zero-order chi connectivity index (χ0) is 15.8. The molecule has 2 N–H and O–H groups in total. The number of hydrogen-bond donors (Lipinski definition) is 2. The van der Waals surface area contributed by atoms with Crippen LogP contribution in [0.5, 0.6) is 0 Å². The lowest BCUT2D eigenvalue weighted by Gasteiger charge is -2.14. The minimum atomic E-state index is -0.441. The number of carbonyl (C=O) groups excluding carboxylic acids is 2. The maximum absolute atomic E-state index is 12.0. The van der Waals surface area contributed by atoms with Gasteiger partial charge in [-0.05, 0) is 44.7 Å². The minimum absolute atomic E-state index is 0.297. The molecular weight excluding hydrogens is 280 g/mol. The highest BCUT2D eigenvalue weighted by Crippen LogP contribution is 2.22. The van der Waals surface area contributed by atoms with Gasteiger partial charge >= 0.3 is 12.0 Å². The van der Waals surface area contributed by atoms with Crippen LogP contribution in [0, 0.1) is 0 Å². The van der Waals surface area contributed by atoms with Gasteiger partial charge in [0.05, 0.1) is 17.9 Å². The first-order valence-electron chi connectivity index (χ1n) is 7.72. The lowest BCUT2D eigenvalue weighted by molar-refractivity contribution is 0.0527.